The second-order valence-corrected chi connectivity index (χ2v) is 6.85. The number of amides is 1. The minimum atomic E-state index is -0.303. The normalized spacial score (nSPS) is 11.1. The first-order valence-electron chi connectivity index (χ1n) is 9.13. The van der Waals surface area contributed by atoms with Crippen LogP contribution in [-0.2, 0) is 12.8 Å². The number of H-pyrrole nitrogens is 1. The molecule has 0 aliphatic heterocycles. The molecule has 2 heterocycles. The summed E-state index contributed by atoms with van der Waals surface area (Å²) in [5.41, 5.74) is 4.43. The molecule has 0 atom stereocenters. The molecular weight excluding hydrogens is 357 g/mol. The molecule has 0 bridgehead atoms. The number of aromatic nitrogens is 2. The first kappa shape index (κ1) is 18.0. The summed E-state index contributed by atoms with van der Waals surface area (Å²) in [6.45, 7) is 2.55. The van der Waals surface area contributed by atoms with Gasteiger partial charge < -0.3 is 14.8 Å². The molecule has 28 heavy (non-hydrogen) atoms. The Morgan fingerprint density at radius 3 is 2.96 bits per heavy atom. The second-order valence-electron chi connectivity index (χ2n) is 6.85. The molecular formula is C22H20FN3O2. The van der Waals surface area contributed by atoms with E-state index >= 15 is 0 Å². The zero-order valence-electron chi connectivity index (χ0n) is 15.5. The molecule has 2 aromatic heterocycles. The summed E-state index contributed by atoms with van der Waals surface area (Å²) in [7, 11) is 0. The fourth-order valence-electron chi connectivity index (χ4n) is 3.25. The number of halogens is 1. The number of aromatic amines is 1. The maximum absolute atomic E-state index is 13.3. The summed E-state index contributed by atoms with van der Waals surface area (Å²) in [4.78, 5) is 15.6. The lowest BCUT2D eigenvalue weighted by molar-refractivity contribution is 0.0945. The van der Waals surface area contributed by atoms with Crippen molar-refractivity contribution in [2.75, 3.05) is 6.54 Å². The van der Waals surface area contributed by atoms with Crippen LogP contribution in [0.3, 0.4) is 0 Å². The van der Waals surface area contributed by atoms with Gasteiger partial charge in [-0.15, -0.1) is 0 Å². The lowest BCUT2D eigenvalue weighted by atomic mass is 10.1. The number of rotatable bonds is 6. The highest BCUT2D eigenvalue weighted by molar-refractivity contribution is 5.92. The fourth-order valence-corrected chi connectivity index (χ4v) is 3.25. The van der Waals surface area contributed by atoms with Crippen molar-refractivity contribution in [3.8, 4) is 0 Å². The molecule has 0 radical (unpaired) electrons. The third-order valence-corrected chi connectivity index (χ3v) is 4.66. The third-order valence-electron chi connectivity index (χ3n) is 4.66. The van der Waals surface area contributed by atoms with Gasteiger partial charge in [0.05, 0.1) is 0 Å². The van der Waals surface area contributed by atoms with E-state index < -0.39 is 0 Å². The van der Waals surface area contributed by atoms with Crippen LogP contribution >= 0.6 is 0 Å². The molecule has 1 amide bonds. The lowest BCUT2D eigenvalue weighted by Gasteiger charge is -2.02. The van der Waals surface area contributed by atoms with E-state index in [1.54, 1.807) is 18.2 Å². The largest absolute Gasteiger partial charge is 0.361 e. The van der Waals surface area contributed by atoms with Crippen molar-refractivity contribution >= 4 is 16.8 Å². The number of fused-ring (bicyclic) bond motifs is 1. The first-order valence-corrected chi connectivity index (χ1v) is 9.13. The quantitative estimate of drug-likeness (QED) is 0.530. The van der Waals surface area contributed by atoms with E-state index in [1.165, 1.54) is 23.1 Å². The number of nitrogens with zero attached hydrogens (tertiary/aromatic N) is 1. The Bertz CT molecular complexity index is 1130. The standard InChI is InChI=1S/C22H20FN3O2/c1-14-5-6-20-19(9-14)16(13-25-20)7-8-24-22(27)21-12-18(28-26-21)11-15-3-2-4-17(23)10-15/h2-6,9-10,12-13,25H,7-8,11H2,1H3,(H,24,27). The predicted molar refractivity (Wildman–Crippen MR) is 105 cm³/mol. The number of hydrogen-bond acceptors (Lipinski definition) is 3. The van der Waals surface area contributed by atoms with Crippen molar-refractivity contribution in [1.29, 1.82) is 0 Å². The Morgan fingerprint density at radius 1 is 1.21 bits per heavy atom. The number of carbonyl (C=O) groups is 1. The molecule has 0 fully saturated rings. The van der Waals surface area contributed by atoms with Gasteiger partial charge in [-0.05, 0) is 48.7 Å². The molecule has 0 unspecified atom stereocenters. The smallest absolute Gasteiger partial charge is 0.273 e. The van der Waals surface area contributed by atoms with E-state index in [4.69, 9.17) is 4.52 Å². The van der Waals surface area contributed by atoms with Crippen LogP contribution in [-0.4, -0.2) is 22.6 Å². The van der Waals surface area contributed by atoms with E-state index in [1.807, 2.05) is 6.20 Å². The average Bonchev–Trinajstić information content (AvgIpc) is 3.29. The van der Waals surface area contributed by atoms with Crippen LogP contribution in [0, 0.1) is 12.7 Å². The predicted octanol–water partition coefficient (Wildman–Crippen LogP) is 4.17. The van der Waals surface area contributed by atoms with Crippen molar-refractivity contribution in [2.24, 2.45) is 0 Å². The van der Waals surface area contributed by atoms with Gasteiger partial charge in [-0.25, -0.2) is 4.39 Å². The SMILES string of the molecule is Cc1ccc2[nH]cc(CCNC(=O)c3cc(Cc4cccc(F)c4)on3)c2c1. The van der Waals surface area contributed by atoms with Gasteiger partial charge in [-0.3, -0.25) is 4.79 Å². The Balaban J connectivity index is 1.35. The summed E-state index contributed by atoms with van der Waals surface area (Å²) in [6, 6.07) is 14.1. The minimum absolute atomic E-state index is 0.223. The monoisotopic (exact) mass is 377 g/mol. The molecule has 4 aromatic rings. The molecule has 6 heteroatoms. The van der Waals surface area contributed by atoms with Crippen molar-refractivity contribution in [3.63, 3.8) is 0 Å². The maximum atomic E-state index is 13.3. The summed E-state index contributed by atoms with van der Waals surface area (Å²) >= 11 is 0. The molecule has 0 saturated carbocycles. The van der Waals surface area contributed by atoms with Gasteiger partial charge in [-0.1, -0.05) is 28.9 Å². The van der Waals surface area contributed by atoms with Crippen LogP contribution in [0.5, 0.6) is 0 Å². The van der Waals surface area contributed by atoms with Crippen molar-refractivity contribution < 1.29 is 13.7 Å². The van der Waals surface area contributed by atoms with Crippen molar-refractivity contribution in [3.05, 3.63) is 88.7 Å². The molecule has 0 spiro atoms. The number of aryl methyl sites for hydroxylation is 1. The number of nitrogens with one attached hydrogen (secondary N) is 2. The first-order chi connectivity index (χ1) is 13.6. The number of hydrogen-bond donors (Lipinski definition) is 2. The minimum Gasteiger partial charge on any atom is -0.361 e. The molecule has 0 saturated heterocycles. The highest BCUT2D eigenvalue weighted by Gasteiger charge is 2.13. The van der Waals surface area contributed by atoms with E-state index in [-0.39, 0.29) is 17.4 Å². The van der Waals surface area contributed by atoms with E-state index in [0.29, 0.717) is 25.1 Å². The molecule has 2 aromatic carbocycles. The van der Waals surface area contributed by atoms with Crippen LogP contribution < -0.4 is 5.32 Å². The molecule has 0 aliphatic rings. The van der Waals surface area contributed by atoms with Gasteiger partial charge in [-0.2, -0.15) is 0 Å². The Labute approximate surface area is 161 Å². The van der Waals surface area contributed by atoms with E-state index in [9.17, 15) is 9.18 Å². The van der Waals surface area contributed by atoms with Gasteiger partial charge in [0.15, 0.2) is 5.69 Å². The second kappa shape index (κ2) is 7.68. The topological polar surface area (TPSA) is 70.9 Å². The van der Waals surface area contributed by atoms with Crippen molar-refractivity contribution in [2.45, 2.75) is 19.8 Å². The fraction of sp³-hybridized carbons (Fsp3) is 0.182. The van der Waals surface area contributed by atoms with Crippen LogP contribution in [0.2, 0.25) is 0 Å². The number of carbonyl (C=O) groups excluding carboxylic acids is 1. The molecule has 0 aliphatic carbocycles. The van der Waals surface area contributed by atoms with Gasteiger partial charge in [0.2, 0.25) is 0 Å². The molecule has 2 N–H and O–H groups in total. The van der Waals surface area contributed by atoms with Crippen LogP contribution in [0.15, 0.2) is 59.3 Å². The van der Waals surface area contributed by atoms with Gasteiger partial charge in [0, 0.05) is 36.1 Å². The van der Waals surface area contributed by atoms with Gasteiger partial charge in [0.25, 0.3) is 5.91 Å². The Morgan fingerprint density at radius 2 is 2.11 bits per heavy atom. The Hall–Kier alpha value is -3.41. The van der Waals surface area contributed by atoms with Crippen LogP contribution in [0.4, 0.5) is 4.39 Å². The van der Waals surface area contributed by atoms with E-state index in [2.05, 4.69) is 40.6 Å². The zero-order valence-corrected chi connectivity index (χ0v) is 15.5. The summed E-state index contributed by atoms with van der Waals surface area (Å²) in [6.07, 6.45) is 3.07. The highest BCUT2D eigenvalue weighted by Crippen LogP contribution is 2.20. The molecule has 5 nitrogen and oxygen atoms in total. The third kappa shape index (κ3) is 3.96. The lowest BCUT2D eigenvalue weighted by Crippen LogP contribution is -2.25. The van der Waals surface area contributed by atoms with E-state index in [0.717, 1.165) is 16.6 Å². The molecule has 4 rings (SSSR count). The number of benzene rings is 2. The van der Waals surface area contributed by atoms with Crippen LogP contribution in [0.1, 0.15) is 32.9 Å². The molecule has 142 valence electrons. The zero-order chi connectivity index (χ0) is 19.5. The van der Waals surface area contributed by atoms with Gasteiger partial charge in [0.1, 0.15) is 11.6 Å². The van der Waals surface area contributed by atoms with Crippen LogP contribution in [0.25, 0.3) is 10.9 Å². The average molecular weight is 377 g/mol. The Kier molecular flexibility index (Phi) is 4.93. The van der Waals surface area contributed by atoms with Gasteiger partial charge >= 0.3 is 0 Å². The summed E-state index contributed by atoms with van der Waals surface area (Å²) in [5.74, 6) is -0.0735. The summed E-state index contributed by atoms with van der Waals surface area (Å²) in [5, 5.41) is 7.87. The highest BCUT2D eigenvalue weighted by atomic mass is 19.1. The maximum Gasteiger partial charge on any atom is 0.273 e. The van der Waals surface area contributed by atoms with Crippen molar-refractivity contribution in [1.82, 2.24) is 15.5 Å². The summed E-state index contributed by atoms with van der Waals surface area (Å²) < 4.78 is 18.5.